The van der Waals surface area contributed by atoms with E-state index in [9.17, 15) is 0 Å². The summed E-state index contributed by atoms with van der Waals surface area (Å²) < 4.78 is 0. The maximum atomic E-state index is 6.42. The van der Waals surface area contributed by atoms with Crippen LogP contribution in [0.5, 0.6) is 0 Å². The predicted octanol–water partition coefficient (Wildman–Crippen LogP) is 3.58. The van der Waals surface area contributed by atoms with E-state index >= 15 is 0 Å². The number of nitrogens with zero attached hydrogens (tertiary/aromatic N) is 1. The van der Waals surface area contributed by atoms with Gasteiger partial charge >= 0.3 is 0 Å². The fourth-order valence-corrected chi connectivity index (χ4v) is 3.05. The van der Waals surface area contributed by atoms with Crippen molar-refractivity contribution >= 4 is 17.3 Å². The molecule has 0 fully saturated rings. The van der Waals surface area contributed by atoms with Crippen LogP contribution < -0.4 is 10.2 Å². The predicted molar refractivity (Wildman–Crippen MR) is 80.5 cm³/mol. The Hall–Kier alpha value is -1.51. The Bertz CT molecular complexity index is 570. The Morgan fingerprint density at radius 2 is 1.74 bits per heavy atom. The van der Waals surface area contributed by atoms with Crippen molar-refractivity contribution in [2.75, 3.05) is 11.9 Å². The number of rotatable bonds is 3. The van der Waals surface area contributed by atoms with Gasteiger partial charge in [-0.1, -0.05) is 48.0 Å². The van der Waals surface area contributed by atoms with Gasteiger partial charge in [-0.3, -0.25) is 0 Å². The minimum absolute atomic E-state index is 0.834. The van der Waals surface area contributed by atoms with Crippen LogP contribution in [0, 0.1) is 0 Å². The van der Waals surface area contributed by atoms with Crippen LogP contribution in [0.3, 0.4) is 0 Å². The van der Waals surface area contributed by atoms with Gasteiger partial charge in [0.1, 0.15) is 0 Å². The fourth-order valence-electron chi connectivity index (χ4n) is 2.74. The van der Waals surface area contributed by atoms with Crippen molar-refractivity contribution in [1.82, 2.24) is 5.32 Å². The molecule has 0 amide bonds. The van der Waals surface area contributed by atoms with E-state index in [0.717, 1.165) is 30.3 Å². The average molecular weight is 273 g/mol. The summed E-state index contributed by atoms with van der Waals surface area (Å²) >= 11 is 6.42. The third-order valence-corrected chi connectivity index (χ3v) is 3.90. The molecular weight excluding hydrogens is 256 g/mol. The Balaban J connectivity index is 1.96. The van der Waals surface area contributed by atoms with Crippen LogP contribution in [0.25, 0.3) is 0 Å². The molecule has 0 unspecified atom stereocenters. The molecule has 1 N–H and O–H groups in total. The number of hydrogen-bond donors (Lipinski definition) is 1. The second-order valence-corrected chi connectivity index (χ2v) is 5.31. The van der Waals surface area contributed by atoms with Crippen LogP contribution in [0.15, 0.2) is 42.5 Å². The zero-order valence-electron chi connectivity index (χ0n) is 11.0. The maximum absolute atomic E-state index is 6.42. The zero-order valence-corrected chi connectivity index (χ0v) is 11.7. The highest BCUT2D eigenvalue weighted by Gasteiger charge is 2.22. The summed E-state index contributed by atoms with van der Waals surface area (Å²) in [4.78, 5) is 2.36. The first-order valence-corrected chi connectivity index (χ1v) is 6.91. The van der Waals surface area contributed by atoms with Crippen molar-refractivity contribution in [3.63, 3.8) is 0 Å². The second-order valence-electron chi connectivity index (χ2n) is 4.90. The van der Waals surface area contributed by atoms with Crippen LogP contribution >= 0.6 is 11.6 Å². The van der Waals surface area contributed by atoms with E-state index in [1.165, 1.54) is 16.7 Å². The molecular formula is C16H17ClN2. The summed E-state index contributed by atoms with van der Waals surface area (Å²) in [7, 11) is 1.96. The quantitative estimate of drug-likeness (QED) is 0.919. The molecule has 3 heteroatoms. The first kappa shape index (κ1) is 12.5. The van der Waals surface area contributed by atoms with Gasteiger partial charge in [0.15, 0.2) is 0 Å². The van der Waals surface area contributed by atoms with Crippen molar-refractivity contribution in [2.45, 2.75) is 19.6 Å². The smallest absolute Gasteiger partial charge is 0.0643 e. The van der Waals surface area contributed by atoms with Crippen LogP contribution in [-0.2, 0) is 19.6 Å². The number of fused-ring (bicyclic) bond motifs is 1. The first-order valence-electron chi connectivity index (χ1n) is 6.53. The topological polar surface area (TPSA) is 15.3 Å². The fraction of sp³-hybridized carbons (Fsp3) is 0.250. The van der Waals surface area contributed by atoms with E-state index in [0.29, 0.717) is 0 Å². The molecule has 19 heavy (non-hydrogen) atoms. The highest BCUT2D eigenvalue weighted by atomic mass is 35.5. The second kappa shape index (κ2) is 5.24. The SMILES string of the molecule is CNCc1cccc(Cl)c1N1Cc2ccccc2C1. The van der Waals surface area contributed by atoms with Crippen LogP contribution in [0.4, 0.5) is 5.69 Å². The largest absolute Gasteiger partial charge is 0.361 e. The van der Waals surface area contributed by atoms with E-state index in [-0.39, 0.29) is 0 Å². The molecule has 0 spiro atoms. The molecule has 2 nitrogen and oxygen atoms in total. The zero-order chi connectivity index (χ0) is 13.2. The summed E-state index contributed by atoms with van der Waals surface area (Å²) in [5.74, 6) is 0. The molecule has 1 aliphatic heterocycles. The van der Waals surface area contributed by atoms with E-state index in [4.69, 9.17) is 11.6 Å². The van der Waals surface area contributed by atoms with E-state index in [2.05, 4.69) is 40.5 Å². The Kier molecular flexibility index (Phi) is 3.45. The van der Waals surface area contributed by atoms with Gasteiger partial charge in [0.25, 0.3) is 0 Å². The summed E-state index contributed by atoms with van der Waals surface area (Å²) in [6, 6.07) is 14.7. The van der Waals surface area contributed by atoms with E-state index in [1.807, 2.05) is 19.2 Å². The molecule has 2 aromatic carbocycles. The van der Waals surface area contributed by atoms with Gasteiger partial charge in [0.2, 0.25) is 0 Å². The third-order valence-electron chi connectivity index (χ3n) is 3.59. The molecule has 0 saturated heterocycles. The average Bonchev–Trinajstić information content (AvgIpc) is 2.82. The lowest BCUT2D eigenvalue weighted by Crippen LogP contribution is -2.18. The Morgan fingerprint density at radius 3 is 2.37 bits per heavy atom. The molecule has 0 bridgehead atoms. The van der Waals surface area contributed by atoms with Crippen LogP contribution in [0.1, 0.15) is 16.7 Å². The van der Waals surface area contributed by atoms with Crippen LogP contribution in [-0.4, -0.2) is 7.05 Å². The summed E-state index contributed by atoms with van der Waals surface area (Å²) in [5.41, 5.74) is 5.22. The minimum atomic E-state index is 0.834. The minimum Gasteiger partial charge on any atom is -0.361 e. The summed E-state index contributed by atoms with van der Waals surface area (Å²) in [5, 5.41) is 4.04. The number of para-hydroxylation sites is 1. The van der Waals surface area contributed by atoms with Crippen molar-refractivity contribution in [1.29, 1.82) is 0 Å². The van der Waals surface area contributed by atoms with Crippen molar-refractivity contribution in [2.24, 2.45) is 0 Å². The number of hydrogen-bond acceptors (Lipinski definition) is 2. The molecule has 0 saturated carbocycles. The molecule has 98 valence electrons. The molecule has 3 rings (SSSR count). The van der Waals surface area contributed by atoms with E-state index < -0.39 is 0 Å². The lowest BCUT2D eigenvalue weighted by Gasteiger charge is -2.23. The van der Waals surface area contributed by atoms with Gasteiger partial charge < -0.3 is 10.2 Å². The summed E-state index contributed by atoms with van der Waals surface area (Å²) in [6.45, 7) is 2.72. The molecule has 0 aliphatic carbocycles. The molecule has 1 heterocycles. The number of halogens is 1. The third kappa shape index (κ3) is 2.34. The van der Waals surface area contributed by atoms with Gasteiger partial charge in [-0.15, -0.1) is 0 Å². The lowest BCUT2D eigenvalue weighted by molar-refractivity contribution is 0.797. The first-order chi connectivity index (χ1) is 9.29. The van der Waals surface area contributed by atoms with Gasteiger partial charge in [0.05, 0.1) is 10.7 Å². The monoisotopic (exact) mass is 272 g/mol. The van der Waals surface area contributed by atoms with Crippen molar-refractivity contribution < 1.29 is 0 Å². The normalized spacial score (nSPS) is 13.7. The Morgan fingerprint density at radius 1 is 1.05 bits per heavy atom. The number of nitrogens with one attached hydrogen (secondary N) is 1. The molecule has 0 atom stereocenters. The Labute approximate surface area is 119 Å². The number of benzene rings is 2. The van der Waals surface area contributed by atoms with E-state index in [1.54, 1.807) is 0 Å². The molecule has 2 aromatic rings. The van der Waals surface area contributed by atoms with Gasteiger partial charge in [-0.05, 0) is 29.8 Å². The molecule has 1 aliphatic rings. The van der Waals surface area contributed by atoms with Gasteiger partial charge in [-0.25, -0.2) is 0 Å². The van der Waals surface area contributed by atoms with Gasteiger partial charge in [0, 0.05) is 19.6 Å². The molecule has 0 radical (unpaired) electrons. The lowest BCUT2D eigenvalue weighted by atomic mass is 10.1. The maximum Gasteiger partial charge on any atom is 0.0643 e. The molecule has 0 aromatic heterocycles. The highest BCUT2D eigenvalue weighted by molar-refractivity contribution is 6.33. The van der Waals surface area contributed by atoms with Crippen molar-refractivity contribution in [3.8, 4) is 0 Å². The standard InChI is InChI=1S/C16H17ClN2/c1-18-9-12-7-4-8-15(17)16(12)19-10-13-5-2-3-6-14(13)11-19/h2-8,18H,9-11H2,1H3. The highest BCUT2D eigenvalue weighted by Crippen LogP contribution is 2.35. The van der Waals surface area contributed by atoms with Gasteiger partial charge in [-0.2, -0.15) is 0 Å². The summed E-state index contributed by atoms with van der Waals surface area (Å²) in [6.07, 6.45) is 0. The van der Waals surface area contributed by atoms with Crippen molar-refractivity contribution in [3.05, 3.63) is 64.2 Å². The number of anilines is 1. The van der Waals surface area contributed by atoms with Crippen LogP contribution in [0.2, 0.25) is 5.02 Å².